The Morgan fingerprint density at radius 2 is 2.16 bits per heavy atom. The molecule has 1 saturated carbocycles. The summed E-state index contributed by atoms with van der Waals surface area (Å²) in [6, 6.07) is 4.90. The maximum absolute atomic E-state index is 12.0. The Kier molecular flexibility index (Phi) is 2.97. The van der Waals surface area contributed by atoms with Gasteiger partial charge in [-0.2, -0.15) is 0 Å². The Morgan fingerprint density at radius 1 is 1.37 bits per heavy atom. The first-order valence-electron chi connectivity index (χ1n) is 6.35. The summed E-state index contributed by atoms with van der Waals surface area (Å²) in [6.45, 7) is 0. The molecule has 0 N–H and O–H groups in total. The van der Waals surface area contributed by atoms with Gasteiger partial charge in [0.05, 0.1) is 6.04 Å². The van der Waals surface area contributed by atoms with Gasteiger partial charge in [0.2, 0.25) is 0 Å². The molecule has 1 heterocycles. The molecule has 1 aliphatic heterocycles. The van der Waals surface area contributed by atoms with E-state index in [2.05, 4.69) is 0 Å². The Hall–Kier alpha value is -1.55. The molecule has 100 valence electrons. The van der Waals surface area contributed by atoms with E-state index in [-0.39, 0.29) is 17.7 Å². The Labute approximate surface area is 116 Å². The van der Waals surface area contributed by atoms with Crippen molar-refractivity contribution >= 4 is 23.5 Å². The topological polar surface area (TPSA) is 46.6 Å². The van der Waals surface area contributed by atoms with Gasteiger partial charge < -0.3 is 9.64 Å². The van der Waals surface area contributed by atoms with Gasteiger partial charge in [0, 0.05) is 30.0 Å². The molecule has 3 rings (SSSR count). The van der Waals surface area contributed by atoms with Crippen molar-refractivity contribution in [1.82, 2.24) is 4.90 Å². The van der Waals surface area contributed by atoms with Crippen LogP contribution in [0.1, 0.15) is 30.9 Å². The molecule has 0 bridgehead atoms. The second-order valence-electron chi connectivity index (χ2n) is 5.07. The Balaban J connectivity index is 2.09. The second-order valence-corrected chi connectivity index (χ2v) is 5.51. The first-order chi connectivity index (χ1) is 9.08. The van der Waals surface area contributed by atoms with Gasteiger partial charge >= 0.3 is 6.09 Å². The van der Waals surface area contributed by atoms with Crippen molar-refractivity contribution in [2.24, 2.45) is 5.92 Å². The molecule has 2 aliphatic rings. The lowest BCUT2D eigenvalue weighted by Gasteiger charge is -2.36. The summed E-state index contributed by atoms with van der Waals surface area (Å²) in [4.78, 5) is 25.4. The molecule has 4 nitrogen and oxygen atoms in total. The highest BCUT2D eigenvalue weighted by molar-refractivity contribution is 6.30. The van der Waals surface area contributed by atoms with Gasteiger partial charge in [0.25, 0.3) is 0 Å². The van der Waals surface area contributed by atoms with Crippen molar-refractivity contribution < 1.29 is 14.3 Å². The van der Waals surface area contributed by atoms with Crippen molar-refractivity contribution in [3.05, 3.63) is 28.8 Å². The van der Waals surface area contributed by atoms with Gasteiger partial charge in [-0.3, -0.25) is 4.79 Å². The minimum absolute atomic E-state index is 0.143. The van der Waals surface area contributed by atoms with Crippen molar-refractivity contribution in [3.8, 4) is 5.75 Å². The molecule has 1 aromatic rings. The molecule has 0 radical (unpaired) electrons. The van der Waals surface area contributed by atoms with E-state index in [9.17, 15) is 9.59 Å². The van der Waals surface area contributed by atoms with Gasteiger partial charge in [-0.05, 0) is 31.0 Å². The number of ether oxygens (including phenoxy) is 1. The number of nitrogens with zero attached hydrogens (tertiary/aromatic N) is 1. The van der Waals surface area contributed by atoms with Crippen LogP contribution in [0.5, 0.6) is 5.75 Å². The minimum Gasteiger partial charge on any atom is -0.410 e. The molecule has 1 amide bonds. The highest BCUT2D eigenvalue weighted by Crippen LogP contribution is 2.44. The zero-order chi connectivity index (χ0) is 13.6. The first-order valence-corrected chi connectivity index (χ1v) is 6.72. The molecule has 0 aromatic heterocycles. The van der Waals surface area contributed by atoms with E-state index in [1.807, 2.05) is 0 Å². The van der Waals surface area contributed by atoms with Gasteiger partial charge in [0.1, 0.15) is 11.5 Å². The van der Waals surface area contributed by atoms with Crippen molar-refractivity contribution in [1.29, 1.82) is 0 Å². The Bertz CT molecular complexity index is 558. The summed E-state index contributed by atoms with van der Waals surface area (Å²) >= 11 is 6.03. The van der Waals surface area contributed by atoms with Gasteiger partial charge in [-0.15, -0.1) is 0 Å². The van der Waals surface area contributed by atoms with Crippen molar-refractivity contribution in [2.45, 2.75) is 25.3 Å². The minimum atomic E-state index is -0.417. The van der Waals surface area contributed by atoms with Crippen LogP contribution in [0, 0.1) is 5.92 Å². The quantitative estimate of drug-likeness (QED) is 0.793. The number of halogens is 1. The van der Waals surface area contributed by atoms with E-state index >= 15 is 0 Å². The predicted octanol–water partition coefficient (Wildman–Crippen LogP) is 3.19. The smallest absolute Gasteiger partial charge is 0.410 e. The molecule has 0 spiro atoms. The van der Waals surface area contributed by atoms with Crippen LogP contribution < -0.4 is 4.74 Å². The largest absolute Gasteiger partial charge is 0.415 e. The zero-order valence-corrected chi connectivity index (χ0v) is 11.3. The van der Waals surface area contributed by atoms with E-state index in [1.165, 1.54) is 4.90 Å². The molecular formula is C14H14ClNO3. The third kappa shape index (κ3) is 2.00. The molecule has 2 atom stereocenters. The maximum atomic E-state index is 12.0. The summed E-state index contributed by atoms with van der Waals surface area (Å²) < 4.78 is 5.24. The van der Waals surface area contributed by atoms with Crippen molar-refractivity contribution in [2.75, 3.05) is 7.05 Å². The number of hydrogen-bond donors (Lipinski definition) is 0. The predicted molar refractivity (Wildman–Crippen MR) is 70.3 cm³/mol. The molecule has 1 unspecified atom stereocenters. The van der Waals surface area contributed by atoms with Crippen LogP contribution in [0.25, 0.3) is 0 Å². The number of carbonyl (C=O) groups is 2. The van der Waals surface area contributed by atoms with E-state index < -0.39 is 6.09 Å². The molecular weight excluding hydrogens is 266 g/mol. The molecule has 1 aromatic carbocycles. The van der Waals surface area contributed by atoms with Crippen LogP contribution >= 0.6 is 11.6 Å². The fourth-order valence-electron chi connectivity index (χ4n) is 2.99. The highest BCUT2D eigenvalue weighted by atomic mass is 35.5. The number of carbonyl (C=O) groups excluding carboxylic acids is 2. The number of amides is 1. The van der Waals surface area contributed by atoms with Gasteiger partial charge in [-0.25, -0.2) is 4.79 Å². The van der Waals surface area contributed by atoms with Gasteiger partial charge in [-0.1, -0.05) is 11.6 Å². The third-order valence-electron chi connectivity index (χ3n) is 3.93. The number of ketones is 1. The van der Waals surface area contributed by atoms with Crippen molar-refractivity contribution in [3.63, 3.8) is 0 Å². The summed E-state index contributed by atoms with van der Waals surface area (Å²) in [5.74, 6) is 0.588. The lowest BCUT2D eigenvalue weighted by molar-refractivity contribution is -0.122. The van der Waals surface area contributed by atoms with Crippen LogP contribution in [-0.4, -0.2) is 23.8 Å². The van der Waals surface area contributed by atoms with E-state index in [0.29, 0.717) is 17.2 Å². The van der Waals surface area contributed by atoms with Crippen LogP contribution in [0.4, 0.5) is 4.79 Å². The molecule has 1 aliphatic carbocycles. The van der Waals surface area contributed by atoms with Crippen LogP contribution in [-0.2, 0) is 4.79 Å². The molecule has 0 saturated heterocycles. The van der Waals surface area contributed by atoms with Gasteiger partial charge in [0.15, 0.2) is 0 Å². The zero-order valence-electron chi connectivity index (χ0n) is 10.6. The maximum Gasteiger partial charge on any atom is 0.415 e. The third-order valence-corrected chi connectivity index (χ3v) is 4.16. The number of rotatable bonds is 1. The molecule has 5 heteroatoms. The first kappa shape index (κ1) is 12.5. The highest BCUT2D eigenvalue weighted by Gasteiger charge is 2.41. The summed E-state index contributed by atoms with van der Waals surface area (Å²) in [5, 5.41) is 0.584. The Morgan fingerprint density at radius 3 is 2.84 bits per heavy atom. The van der Waals surface area contributed by atoms with Crippen LogP contribution in [0.15, 0.2) is 18.2 Å². The van der Waals surface area contributed by atoms with E-state index in [4.69, 9.17) is 16.3 Å². The standard InChI is InChI=1S/C14H14ClNO3/c1-16-13(9-3-2-4-11(9)17)10-7-8(15)5-6-12(10)19-14(16)18/h5-7,9,13H,2-4H2,1H3/t9?,13-/m0/s1. The fourth-order valence-corrected chi connectivity index (χ4v) is 3.18. The summed E-state index contributed by atoms with van der Waals surface area (Å²) in [7, 11) is 1.67. The molecule has 19 heavy (non-hydrogen) atoms. The number of benzene rings is 1. The summed E-state index contributed by atoms with van der Waals surface area (Å²) in [6.07, 6.45) is 1.88. The average Bonchev–Trinajstić information content (AvgIpc) is 2.78. The number of fused-ring (bicyclic) bond motifs is 1. The number of hydrogen-bond acceptors (Lipinski definition) is 3. The summed E-state index contributed by atoms with van der Waals surface area (Å²) in [5.41, 5.74) is 0.829. The normalized spacial score (nSPS) is 26.3. The molecule has 1 fully saturated rings. The monoisotopic (exact) mass is 279 g/mol. The fraction of sp³-hybridized carbons (Fsp3) is 0.429. The van der Waals surface area contributed by atoms with Crippen LogP contribution in [0.2, 0.25) is 5.02 Å². The van der Waals surface area contributed by atoms with E-state index in [0.717, 1.165) is 18.4 Å². The lowest BCUT2D eigenvalue weighted by Crippen LogP contribution is -2.42. The lowest BCUT2D eigenvalue weighted by atomic mass is 9.88. The average molecular weight is 280 g/mol. The number of Topliss-reactive ketones (excluding diaryl/α,β-unsaturated/α-hetero) is 1. The SMILES string of the molecule is CN1C(=O)Oc2ccc(Cl)cc2[C@@H]1C1CCCC1=O. The van der Waals surface area contributed by atoms with Crippen LogP contribution in [0.3, 0.4) is 0 Å². The van der Waals surface area contributed by atoms with E-state index in [1.54, 1.807) is 25.2 Å². The second kappa shape index (κ2) is 4.53.